The zero-order valence-corrected chi connectivity index (χ0v) is 15.5. The van der Waals surface area contributed by atoms with Crippen molar-refractivity contribution >= 4 is 17.4 Å². The number of amides is 1. The molecule has 0 unspecified atom stereocenters. The molecule has 0 bridgehead atoms. The number of benzene rings is 1. The number of rotatable bonds is 7. The minimum Gasteiger partial charge on any atom is -0.491 e. The van der Waals surface area contributed by atoms with Crippen molar-refractivity contribution in [2.45, 2.75) is 40.7 Å². The van der Waals surface area contributed by atoms with Gasteiger partial charge in [0.25, 0.3) is 5.91 Å². The molecule has 0 saturated heterocycles. The van der Waals surface area contributed by atoms with Gasteiger partial charge in [-0.2, -0.15) is 0 Å². The minimum atomic E-state index is -0.268. The van der Waals surface area contributed by atoms with Crippen LogP contribution in [0, 0.1) is 12.8 Å². The molecular formula is C19H26N4O2. The van der Waals surface area contributed by atoms with E-state index in [0.717, 1.165) is 12.3 Å². The summed E-state index contributed by atoms with van der Waals surface area (Å²) in [5.41, 5.74) is 1.02. The summed E-state index contributed by atoms with van der Waals surface area (Å²) < 4.78 is 5.59. The first kappa shape index (κ1) is 18.7. The van der Waals surface area contributed by atoms with Crippen LogP contribution in [-0.2, 0) is 0 Å². The maximum Gasteiger partial charge on any atom is 0.274 e. The van der Waals surface area contributed by atoms with E-state index in [-0.39, 0.29) is 12.0 Å². The number of aromatic nitrogens is 2. The highest BCUT2D eigenvalue weighted by molar-refractivity contribution is 6.03. The van der Waals surface area contributed by atoms with Crippen LogP contribution in [0.3, 0.4) is 0 Å². The first-order chi connectivity index (χ1) is 11.8. The molecule has 0 fully saturated rings. The summed E-state index contributed by atoms with van der Waals surface area (Å²) in [7, 11) is 0. The number of aryl methyl sites for hydroxylation is 1. The molecule has 0 spiro atoms. The van der Waals surface area contributed by atoms with E-state index in [0.29, 0.717) is 28.9 Å². The topological polar surface area (TPSA) is 76.1 Å². The predicted octanol–water partition coefficient (Wildman–Crippen LogP) is 3.89. The monoisotopic (exact) mass is 342 g/mol. The largest absolute Gasteiger partial charge is 0.491 e. The van der Waals surface area contributed by atoms with E-state index in [4.69, 9.17) is 4.74 Å². The highest BCUT2D eigenvalue weighted by Gasteiger charge is 2.11. The highest BCUT2D eigenvalue weighted by Crippen LogP contribution is 2.18. The van der Waals surface area contributed by atoms with Gasteiger partial charge in [-0.05, 0) is 51.0 Å². The molecular weight excluding hydrogens is 316 g/mol. The lowest BCUT2D eigenvalue weighted by molar-refractivity contribution is 0.102. The Labute approximate surface area is 149 Å². The summed E-state index contributed by atoms with van der Waals surface area (Å²) in [6.07, 6.45) is 0.112. The molecule has 0 aliphatic carbocycles. The van der Waals surface area contributed by atoms with Crippen LogP contribution in [0.25, 0.3) is 0 Å². The lowest BCUT2D eigenvalue weighted by Gasteiger charge is -2.12. The predicted molar refractivity (Wildman–Crippen MR) is 100 cm³/mol. The quantitative estimate of drug-likeness (QED) is 0.798. The molecule has 2 N–H and O–H groups in total. The lowest BCUT2D eigenvalue weighted by Crippen LogP contribution is -2.17. The van der Waals surface area contributed by atoms with Gasteiger partial charge in [-0.1, -0.05) is 13.8 Å². The second-order valence-corrected chi connectivity index (χ2v) is 6.61. The zero-order valence-electron chi connectivity index (χ0n) is 15.5. The van der Waals surface area contributed by atoms with Crippen molar-refractivity contribution in [1.82, 2.24) is 9.97 Å². The third kappa shape index (κ3) is 6.06. The Hall–Kier alpha value is -2.63. The average molecular weight is 342 g/mol. The maximum atomic E-state index is 12.5. The fourth-order valence-electron chi connectivity index (χ4n) is 2.17. The molecule has 1 heterocycles. The van der Waals surface area contributed by atoms with Crippen LogP contribution in [0.15, 0.2) is 30.3 Å². The standard InChI is InChI=1S/C19H26N4O2/c1-12(2)11-20-18-10-17(21-14(5)22-18)19(24)23-15-6-8-16(9-7-15)25-13(3)4/h6-10,12-13H,11H2,1-5H3,(H,23,24)(H,20,21,22). The molecule has 1 aromatic carbocycles. The van der Waals surface area contributed by atoms with Crippen molar-refractivity contribution in [2.75, 3.05) is 17.2 Å². The molecule has 134 valence electrons. The molecule has 2 rings (SSSR count). The number of nitrogens with one attached hydrogen (secondary N) is 2. The van der Waals surface area contributed by atoms with Crippen molar-refractivity contribution in [2.24, 2.45) is 5.92 Å². The second-order valence-electron chi connectivity index (χ2n) is 6.61. The number of hydrogen-bond donors (Lipinski definition) is 2. The number of ether oxygens (including phenoxy) is 1. The average Bonchev–Trinajstić information content (AvgIpc) is 2.53. The number of anilines is 2. The van der Waals surface area contributed by atoms with E-state index in [1.165, 1.54) is 0 Å². The molecule has 0 radical (unpaired) electrons. The Morgan fingerprint density at radius 3 is 2.40 bits per heavy atom. The SMILES string of the molecule is Cc1nc(NCC(C)C)cc(C(=O)Nc2ccc(OC(C)C)cc2)n1. The van der Waals surface area contributed by atoms with Gasteiger partial charge in [0, 0.05) is 18.3 Å². The van der Waals surface area contributed by atoms with E-state index in [1.807, 2.05) is 38.1 Å². The van der Waals surface area contributed by atoms with Crippen LogP contribution in [-0.4, -0.2) is 28.5 Å². The summed E-state index contributed by atoms with van der Waals surface area (Å²) in [5, 5.41) is 6.07. The zero-order chi connectivity index (χ0) is 18.4. The van der Waals surface area contributed by atoms with Gasteiger partial charge in [0.15, 0.2) is 0 Å². The number of carbonyl (C=O) groups is 1. The second kappa shape index (κ2) is 8.46. The van der Waals surface area contributed by atoms with Gasteiger partial charge < -0.3 is 15.4 Å². The Morgan fingerprint density at radius 2 is 1.80 bits per heavy atom. The van der Waals surface area contributed by atoms with Gasteiger partial charge in [-0.25, -0.2) is 9.97 Å². The Morgan fingerprint density at radius 1 is 1.12 bits per heavy atom. The smallest absolute Gasteiger partial charge is 0.274 e. The summed E-state index contributed by atoms with van der Waals surface area (Å²) in [5.74, 6) is 2.20. The van der Waals surface area contributed by atoms with Crippen LogP contribution >= 0.6 is 0 Å². The van der Waals surface area contributed by atoms with E-state index < -0.39 is 0 Å². The van der Waals surface area contributed by atoms with E-state index in [2.05, 4.69) is 34.4 Å². The molecule has 1 amide bonds. The Bertz CT molecular complexity index is 712. The molecule has 0 aliphatic heterocycles. The van der Waals surface area contributed by atoms with Crippen molar-refractivity contribution < 1.29 is 9.53 Å². The molecule has 6 nitrogen and oxygen atoms in total. The summed E-state index contributed by atoms with van der Waals surface area (Å²) in [6, 6.07) is 8.94. The first-order valence-electron chi connectivity index (χ1n) is 8.51. The van der Waals surface area contributed by atoms with E-state index in [9.17, 15) is 4.79 Å². The summed E-state index contributed by atoms with van der Waals surface area (Å²) >= 11 is 0. The van der Waals surface area contributed by atoms with Crippen molar-refractivity contribution in [3.05, 3.63) is 41.9 Å². The van der Waals surface area contributed by atoms with Crippen LogP contribution in [0.2, 0.25) is 0 Å². The summed E-state index contributed by atoms with van der Waals surface area (Å²) in [4.78, 5) is 21.0. The Kier molecular flexibility index (Phi) is 6.33. The molecule has 6 heteroatoms. The molecule has 2 aromatic rings. The third-order valence-corrected chi connectivity index (χ3v) is 3.25. The van der Waals surface area contributed by atoms with Gasteiger partial charge in [0.2, 0.25) is 0 Å². The molecule has 1 aromatic heterocycles. The van der Waals surface area contributed by atoms with Crippen molar-refractivity contribution in [1.29, 1.82) is 0 Å². The minimum absolute atomic E-state index is 0.112. The molecule has 25 heavy (non-hydrogen) atoms. The van der Waals surface area contributed by atoms with Crippen LogP contribution < -0.4 is 15.4 Å². The first-order valence-corrected chi connectivity index (χ1v) is 8.51. The third-order valence-electron chi connectivity index (χ3n) is 3.25. The van der Waals surface area contributed by atoms with Crippen molar-refractivity contribution in [3.63, 3.8) is 0 Å². The maximum absolute atomic E-state index is 12.5. The number of carbonyl (C=O) groups excluding carboxylic acids is 1. The number of hydrogen-bond acceptors (Lipinski definition) is 5. The van der Waals surface area contributed by atoms with Gasteiger partial charge >= 0.3 is 0 Å². The highest BCUT2D eigenvalue weighted by atomic mass is 16.5. The molecule has 0 saturated carbocycles. The van der Waals surface area contributed by atoms with Gasteiger partial charge in [-0.15, -0.1) is 0 Å². The van der Waals surface area contributed by atoms with Crippen LogP contribution in [0.4, 0.5) is 11.5 Å². The Balaban J connectivity index is 2.07. The van der Waals surface area contributed by atoms with Crippen LogP contribution in [0.5, 0.6) is 5.75 Å². The van der Waals surface area contributed by atoms with Gasteiger partial charge in [0.1, 0.15) is 23.1 Å². The normalized spacial score (nSPS) is 10.8. The number of nitrogens with zero attached hydrogens (tertiary/aromatic N) is 2. The van der Waals surface area contributed by atoms with Gasteiger partial charge in [-0.3, -0.25) is 4.79 Å². The van der Waals surface area contributed by atoms with E-state index >= 15 is 0 Å². The fraction of sp³-hybridized carbons (Fsp3) is 0.421. The van der Waals surface area contributed by atoms with E-state index in [1.54, 1.807) is 13.0 Å². The molecule has 0 atom stereocenters. The lowest BCUT2D eigenvalue weighted by atomic mass is 10.2. The summed E-state index contributed by atoms with van der Waals surface area (Å²) in [6.45, 7) is 10.7. The van der Waals surface area contributed by atoms with Crippen LogP contribution in [0.1, 0.15) is 44.0 Å². The van der Waals surface area contributed by atoms with Crippen molar-refractivity contribution in [3.8, 4) is 5.75 Å². The molecule has 0 aliphatic rings. The van der Waals surface area contributed by atoms with Gasteiger partial charge in [0.05, 0.1) is 6.10 Å². The fourth-order valence-corrected chi connectivity index (χ4v) is 2.17.